The minimum atomic E-state index is -0.906. The predicted molar refractivity (Wildman–Crippen MR) is 102 cm³/mol. The van der Waals surface area contributed by atoms with E-state index >= 15 is 0 Å². The Labute approximate surface area is 169 Å². The second-order valence-corrected chi connectivity index (χ2v) is 9.98. The first-order valence-electron chi connectivity index (χ1n) is 10.3. The quantitative estimate of drug-likeness (QED) is 0.812. The lowest BCUT2D eigenvalue weighted by Gasteiger charge is -2.60. The molecule has 4 bridgehead atoms. The van der Waals surface area contributed by atoms with E-state index in [4.69, 9.17) is 11.6 Å². The monoisotopic (exact) mass is 405 g/mol. The van der Waals surface area contributed by atoms with Crippen LogP contribution in [0.2, 0.25) is 5.02 Å². The van der Waals surface area contributed by atoms with Gasteiger partial charge in [0.15, 0.2) is 0 Å². The molecule has 1 aromatic rings. The van der Waals surface area contributed by atoms with Gasteiger partial charge in [-0.25, -0.2) is 9.18 Å². The van der Waals surface area contributed by atoms with Crippen LogP contribution < -0.4 is 0 Å². The van der Waals surface area contributed by atoms with Gasteiger partial charge in [-0.3, -0.25) is 4.79 Å². The third-order valence-corrected chi connectivity index (χ3v) is 8.04. The van der Waals surface area contributed by atoms with Crippen molar-refractivity contribution in [1.29, 1.82) is 0 Å². The van der Waals surface area contributed by atoms with E-state index in [1.54, 1.807) is 11.0 Å². The van der Waals surface area contributed by atoms with E-state index in [1.165, 1.54) is 31.4 Å². The Hall–Kier alpha value is -1.62. The number of hydrogen-bond donors (Lipinski definition) is 1. The van der Waals surface area contributed by atoms with Gasteiger partial charge in [0.1, 0.15) is 11.9 Å². The van der Waals surface area contributed by atoms with E-state index in [9.17, 15) is 19.1 Å². The minimum Gasteiger partial charge on any atom is -0.480 e. The summed E-state index contributed by atoms with van der Waals surface area (Å²) in [5.74, 6) is 0.144. The third-order valence-electron chi connectivity index (χ3n) is 7.69. The Bertz CT molecular complexity index is 806. The first kappa shape index (κ1) is 18.4. The molecular weight excluding hydrogens is 381 g/mol. The molecule has 4 aliphatic carbocycles. The molecule has 4 saturated carbocycles. The van der Waals surface area contributed by atoms with Crippen molar-refractivity contribution >= 4 is 23.5 Å². The van der Waals surface area contributed by atoms with Gasteiger partial charge >= 0.3 is 5.97 Å². The van der Waals surface area contributed by atoms with Gasteiger partial charge in [-0.05, 0) is 86.8 Å². The molecule has 5 fully saturated rings. The van der Waals surface area contributed by atoms with Crippen molar-refractivity contribution in [3.05, 3.63) is 34.6 Å². The van der Waals surface area contributed by atoms with Gasteiger partial charge < -0.3 is 10.0 Å². The molecular formula is C22H25ClFNO3. The summed E-state index contributed by atoms with van der Waals surface area (Å²) in [6, 6.07) is 3.44. The van der Waals surface area contributed by atoms with Crippen LogP contribution in [-0.2, 0) is 16.0 Å². The highest BCUT2D eigenvalue weighted by Gasteiger charge is 2.59. The number of carboxylic acids is 1. The summed E-state index contributed by atoms with van der Waals surface area (Å²) in [5, 5.41) is 10.2. The molecule has 1 aliphatic heterocycles. The molecule has 0 spiro atoms. The summed E-state index contributed by atoms with van der Waals surface area (Å²) in [7, 11) is 0. The Morgan fingerprint density at radius 3 is 2.29 bits per heavy atom. The van der Waals surface area contributed by atoms with Gasteiger partial charge in [0, 0.05) is 16.5 Å². The maximum atomic E-state index is 13.5. The third kappa shape index (κ3) is 2.85. The van der Waals surface area contributed by atoms with Crippen LogP contribution in [0.3, 0.4) is 0 Å². The summed E-state index contributed by atoms with van der Waals surface area (Å²) < 4.78 is 13.4. The van der Waals surface area contributed by atoms with E-state index in [2.05, 4.69) is 0 Å². The fourth-order valence-corrected chi connectivity index (χ4v) is 7.33. The number of carbonyl (C=O) groups is 2. The standard InChI is InChI=1S/C22H25ClFNO3/c23-18-8-17(24)2-1-15(18)6-16-7-19(21(27)28)25(20(16)26)22-9-12-3-13(10-22)5-14(4-12)11-22/h1-2,8,12-14,16,19H,3-7,9-11H2,(H,27,28)/t12?,13?,14?,16?,19-,22?/m0/s1. The number of aliphatic carboxylic acids is 1. The summed E-state index contributed by atoms with van der Waals surface area (Å²) in [6.45, 7) is 0. The van der Waals surface area contributed by atoms with Crippen LogP contribution >= 0.6 is 11.6 Å². The second-order valence-electron chi connectivity index (χ2n) is 9.58. The first-order chi connectivity index (χ1) is 13.3. The fraction of sp³-hybridized carbons (Fsp3) is 0.636. The van der Waals surface area contributed by atoms with Gasteiger partial charge in [-0.1, -0.05) is 17.7 Å². The van der Waals surface area contributed by atoms with Crippen molar-refractivity contribution in [1.82, 2.24) is 4.90 Å². The van der Waals surface area contributed by atoms with Gasteiger partial charge in [0.25, 0.3) is 0 Å². The van der Waals surface area contributed by atoms with Crippen LogP contribution in [0.1, 0.15) is 50.5 Å². The average molecular weight is 406 g/mol. The van der Waals surface area contributed by atoms with E-state index in [1.807, 2.05) is 0 Å². The molecule has 1 saturated heterocycles. The van der Waals surface area contributed by atoms with Crippen molar-refractivity contribution in [2.24, 2.45) is 23.7 Å². The summed E-state index contributed by atoms with van der Waals surface area (Å²) in [6.07, 6.45) is 7.28. The highest BCUT2D eigenvalue weighted by atomic mass is 35.5. The van der Waals surface area contributed by atoms with Crippen molar-refractivity contribution < 1.29 is 19.1 Å². The van der Waals surface area contributed by atoms with Crippen LogP contribution in [0.25, 0.3) is 0 Å². The molecule has 1 aromatic carbocycles. The lowest BCUT2D eigenvalue weighted by Crippen LogP contribution is -2.63. The summed E-state index contributed by atoms with van der Waals surface area (Å²) >= 11 is 6.17. The van der Waals surface area contributed by atoms with Crippen molar-refractivity contribution in [3.8, 4) is 0 Å². The van der Waals surface area contributed by atoms with Crippen molar-refractivity contribution in [2.45, 2.75) is 62.9 Å². The van der Waals surface area contributed by atoms with Crippen LogP contribution in [-0.4, -0.2) is 33.5 Å². The Kier molecular flexibility index (Phi) is 4.24. The molecule has 28 heavy (non-hydrogen) atoms. The fourth-order valence-electron chi connectivity index (χ4n) is 7.08. The van der Waals surface area contributed by atoms with Crippen molar-refractivity contribution in [2.75, 3.05) is 0 Å². The van der Waals surface area contributed by atoms with E-state index < -0.39 is 23.7 Å². The molecule has 2 atom stereocenters. The zero-order valence-electron chi connectivity index (χ0n) is 15.7. The van der Waals surface area contributed by atoms with Gasteiger partial charge in [-0.15, -0.1) is 0 Å². The predicted octanol–water partition coefficient (Wildman–Crippen LogP) is 4.29. The van der Waals surface area contributed by atoms with Crippen LogP contribution in [0.4, 0.5) is 4.39 Å². The minimum absolute atomic E-state index is 0.0465. The molecule has 4 nitrogen and oxygen atoms in total. The zero-order chi connectivity index (χ0) is 19.6. The molecule has 1 amide bonds. The van der Waals surface area contributed by atoms with E-state index in [0.29, 0.717) is 41.2 Å². The smallest absolute Gasteiger partial charge is 0.326 e. The Balaban J connectivity index is 1.44. The number of benzene rings is 1. The Morgan fingerprint density at radius 2 is 1.75 bits per heavy atom. The van der Waals surface area contributed by atoms with E-state index in [0.717, 1.165) is 19.3 Å². The number of nitrogens with zero attached hydrogens (tertiary/aromatic N) is 1. The van der Waals surface area contributed by atoms with E-state index in [-0.39, 0.29) is 11.4 Å². The number of likely N-dealkylation sites (tertiary alicyclic amines) is 1. The van der Waals surface area contributed by atoms with Gasteiger partial charge in [-0.2, -0.15) is 0 Å². The number of hydrogen-bond acceptors (Lipinski definition) is 2. The maximum Gasteiger partial charge on any atom is 0.326 e. The van der Waals surface area contributed by atoms with Gasteiger partial charge in [0.05, 0.1) is 0 Å². The van der Waals surface area contributed by atoms with Crippen LogP contribution in [0.15, 0.2) is 18.2 Å². The first-order valence-corrected chi connectivity index (χ1v) is 10.7. The number of amides is 1. The highest BCUT2D eigenvalue weighted by molar-refractivity contribution is 6.31. The molecule has 1 unspecified atom stereocenters. The topological polar surface area (TPSA) is 57.6 Å². The van der Waals surface area contributed by atoms with Crippen molar-refractivity contribution in [3.63, 3.8) is 0 Å². The molecule has 6 rings (SSSR count). The molecule has 1 N–H and O–H groups in total. The summed E-state index contributed by atoms with van der Waals surface area (Å²) in [4.78, 5) is 27.3. The Morgan fingerprint density at radius 1 is 1.14 bits per heavy atom. The maximum absolute atomic E-state index is 13.5. The lowest BCUT2D eigenvalue weighted by atomic mass is 9.52. The molecule has 6 heteroatoms. The largest absolute Gasteiger partial charge is 0.480 e. The molecule has 5 aliphatic rings. The molecule has 150 valence electrons. The second kappa shape index (κ2) is 6.45. The van der Waals surface area contributed by atoms with Crippen LogP contribution in [0, 0.1) is 29.5 Å². The summed E-state index contributed by atoms with van der Waals surface area (Å²) in [5.41, 5.74) is 0.439. The SMILES string of the molecule is O=C(O)[C@@H]1CC(Cc2ccc(F)cc2Cl)C(=O)N1C12CC3CC(CC(C3)C1)C2. The highest BCUT2D eigenvalue weighted by Crippen LogP contribution is 2.59. The molecule has 0 aromatic heterocycles. The lowest BCUT2D eigenvalue weighted by molar-refractivity contribution is -0.162. The number of rotatable bonds is 4. The molecule has 0 radical (unpaired) electrons. The number of carboxylic acid groups (broad SMARTS) is 1. The van der Waals surface area contributed by atoms with Gasteiger partial charge in [0.2, 0.25) is 5.91 Å². The van der Waals surface area contributed by atoms with Crippen LogP contribution in [0.5, 0.6) is 0 Å². The normalized spacial score (nSPS) is 39.0. The number of halogens is 2. The molecule has 1 heterocycles. The number of carbonyl (C=O) groups excluding carboxylic acids is 1. The zero-order valence-corrected chi connectivity index (χ0v) is 16.5. The average Bonchev–Trinajstić information content (AvgIpc) is 2.94.